The van der Waals surface area contributed by atoms with Crippen molar-refractivity contribution in [3.05, 3.63) is 65.0 Å². The third-order valence-electron chi connectivity index (χ3n) is 2.71. The van der Waals surface area contributed by atoms with Gasteiger partial charge in [-0.25, -0.2) is 18.0 Å². The average molecular weight is 281 g/mol. The SMILES string of the molecule is O=C(O)c1ccc(F)c(NCc2cccc(F)c2F)c1. The number of aromatic carboxylic acids is 1. The Balaban J connectivity index is 2.20. The van der Waals surface area contributed by atoms with E-state index in [4.69, 9.17) is 5.11 Å². The lowest BCUT2D eigenvalue weighted by molar-refractivity contribution is 0.0697. The highest BCUT2D eigenvalue weighted by Crippen LogP contribution is 2.19. The summed E-state index contributed by atoms with van der Waals surface area (Å²) in [6.07, 6.45) is 0. The van der Waals surface area contributed by atoms with E-state index >= 15 is 0 Å². The van der Waals surface area contributed by atoms with Crippen molar-refractivity contribution in [1.82, 2.24) is 0 Å². The summed E-state index contributed by atoms with van der Waals surface area (Å²) < 4.78 is 39.9. The molecule has 2 aromatic rings. The van der Waals surface area contributed by atoms with Gasteiger partial charge in [-0.15, -0.1) is 0 Å². The summed E-state index contributed by atoms with van der Waals surface area (Å²) in [7, 11) is 0. The minimum Gasteiger partial charge on any atom is -0.478 e. The molecule has 0 amide bonds. The monoisotopic (exact) mass is 281 g/mol. The highest BCUT2D eigenvalue weighted by molar-refractivity contribution is 5.88. The molecule has 0 aliphatic heterocycles. The van der Waals surface area contributed by atoms with Crippen LogP contribution < -0.4 is 5.32 Å². The zero-order valence-corrected chi connectivity index (χ0v) is 10.2. The van der Waals surface area contributed by atoms with Crippen molar-refractivity contribution in [2.24, 2.45) is 0 Å². The van der Waals surface area contributed by atoms with Gasteiger partial charge in [0, 0.05) is 12.1 Å². The van der Waals surface area contributed by atoms with Gasteiger partial charge in [0.15, 0.2) is 11.6 Å². The Morgan fingerprint density at radius 2 is 1.85 bits per heavy atom. The molecule has 2 aromatic carbocycles. The van der Waals surface area contributed by atoms with Gasteiger partial charge in [0.2, 0.25) is 0 Å². The van der Waals surface area contributed by atoms with Crippen molar-refractivity contribution in [2.75, 3.05) is 5.32 Å². The van der Waals surface area contributed by atoms with Crippen LogP contribution in [0, 0.1) is 17.5 Å². The molecule has 20 heavy (non-hydrogen) atoms. The molecule has 0 radical (unpaired) electrons. The van der Waals surface area contributed by atoms with Crippen molar-refractivity contribution in [1.29, 1.82) is 0 Å². The van der Waals surface area contributed by atoms with Crippen molar-refractivity contribution >= 4 is 11.7 Å². The number of hydrogen-bond acceptors (Lipinski definition) is 2. The molecule has 6 heteroatoms. The Morgan fingerprint density at radius 1 is 1.10 bits per heavy atom. The largest absolute Gasteiger partial charge is 0.478 e. The van der Waals surface area contributed by atoms with Gasteiger partial charge in [0.05, 0.1) is 11.3 Å². The number of nitrogens with one attached hydrogen (secondary N) is 1. The molecule has 0 saturated carbocycles. The Kier molecular flexibility index (Phi) is 3.93. The van der Waals surface area contributed by atoms with Crippen molar-refractivity contribution in [3.8, 4) is 0 Å². The van der Waals surface area contributed by atoms with E-state index in [9.17, 15) is 18.0 Å². The normalized spacial score (nSPS) is 10.3. The Morgan fingerprint density at radius 3 is 2.55 bits per heavy atom. The molecule has 0 aliphatic rings. The van der Waals surface area contributed by atoms with Gasteiger partial charge in [0.1, 0.15) is 5.82 Å². The maximum absolute atomic E-state index is 13.5. The molecule has 2 rings (SSSR count). The maximum Gasteiger partial charge on any atom is 0.335 e. The second-order valence-electron chi connectivity index (χ2n) is 4.07. The molecule has 104 valence electrons. The van der Waals surface area contributed by atoms with Crippen LogP contribution in [0.1, 0.15) is 15.9 Å². The average Bonchev–Trinajstić information content (AvgIpc) is 2.41. The Hall–Kier alpha value is -2.50. The summed E-state index contributed by atoms with van der Waals surface area (Å²) in [6, 6.07) is 6.86. The second kappa shape index (κ2) is 5.64. The number of anilines is 1. The van der Waals surface area contributed by atoms with E-state index in [1.165, 1.54) is 12.1 Å². The van der Waals surface area contributed by atoms with E-state index in [0.29, 0.717) is 0 Å². The molecule has 0 spiro atoms. The van der Waals surface area contributed by atoms with E-state index in [-0.39, 0.29) is 23.4 Å². The van der Waals surface area contributed by atoms with Crippen LogP contribution in [-0.2, 0) is 6.54 Å². The van der Waals surface area contributed by atoms with E-state index in [0.717, 1.165) is 24.3 Å². The molecule has 0 atom stereocenters. The highest BCUT2D eigenvalue weighted by Gasteiger charge is 2.10. The molecule has 0 unspecified atom stereocenters. The van der Waals surface area contributed by atoms with Gasteiger partial charge in [-0.2, -0.15) is 0 Å². The molecule has 0 saturated heterocycles. The minimum absolute atomic E-state index is 0.0186. The van der Waals surface area contributed by atoms with E-state index < -0.39 is 23.4 Å². The van der Waals surface area contributed by atoms with Gasteiger partial charge in [-0.1, -0.05) is 12.1 Å². The van der Waals surface area contributed by atoms with Crippen LogP contribution in [0.4, 0.5) is 18.9 Å². The highest BCUT2D eigenvalue weighted by atomic mass is 19.2. The topological polar surface area (TPSA) is 49.3 Å². The molecule has 0 aliphatic carbocycles. The summed E-state index contributed by atoms with van der Waals surface area (Å²) in [6.45, 7) is -0.163. The van der Waals surface area contributed by atoms with E-state index in [1.54, 1.807) is 0 Å². The predicted molar refractivity (Wildman–Crippen MR) is 67.0 cm³/mol. The Labute approximate surface area is 112 Å². The van der Waals surface area contributed by atoms with Crippen molar-refractivity contribution in [3.63, 3.8) is 0 Å². The van der Waals surface area contributed by atoms with Crippen LogP contribution in [0.25, 0.3) is 0 Å². The third-order valence-corrected chi connectivity index (χ3v) is 2.71. The number of rotatable bonds is 4. The van der Waals surface area contributed by atoms with Crippen LogP contribution in [0.3, 0.4) is 0 Å². The second-order valence-corrected chi connectivity index (χ2v) is 4.07. The molecule has 0 bridgehead atoms. The lowest BCUT2D eigenvalue weighted by Gasteiger charge is -2.09. The standard InChI is InChI=1S/C14H10F3NO2/c15-10-5-4-8(14(19)20)6-12(10)18-7-9-2-1-3-11(16)13(9)17/h1-6,18H,7H2,(H,19,20). The first-order valence-corrected chi connectivity index (χ1v) is 5.68. The molecular weight excluding hydrogens is 271 g/mol. The number of halogens is 3. The van der Waals surface area contributed by atoms with E-state index in [2.05, 4.69) is 5.32 Å². The van der Waals surface area contributed by atoms with Gasteiger partial charge in [0.25, 0.3) is 0 Å². The molecular formula is C14H10F3NO2. The first-order chi connectivity index (χ1) is 9.49. The van der Waals surface area contributed by atoms with Gasteiger partial charge in [-0.05, 0) is 24.3 Å². The van der Waals surface area contributed by atoms with Crippen LogP contribution in [0.2, 0.25) is 0 Å². The number of hydrogen-bond donors (Lipinski definition) is 2. The van der Waals surface area contributed by atoms with Gasteiger partial charge < -0.3 is 10.4 Å². The van der Waals surface area contributed by atoms with Crippen LogP contribution in [0.5, 0.6) is 0 Å². The Bertz CT molecular complexity index is 659. The smallest absolute Gasteiger partial charge is 0.335 e. The molecule has 2 N–H and O–H groups in total. The predicted octanol–water partition coefficient (Wildman–Crippen LogP) is 3.41. The zero-order chi connectivity index (χ0) is 14.7. The molecule has 0 aromatic heterocycles. The lowest BCUT2D eigenvalue weighted by atomic mass is 10.1. The van der Waals surface area contributed by atoms with Gasteiger partial charge >= 0.3 is 5.97 Å². The van der Waals surface area contributed by atoms with Crippen LogP contribution in [0.15, 0.2) is 36.4 Å². The maximum atomic E-state index is 13.5. The first kappa shape index (κ1) is 13.9. The lowest BCUT2D eigenvalue weighted by Crippen LogP contribution is -2.06. The van der Waals surface area contributed by atoms with Crippen molar-refractivity contribution in [2.45, 2.75) is 6.54 Å². The molecule has 0 fully saturated rings. The zero-order valence-electron chi connectivity index (χ0n) is 10.2. The quantitative estimate of drug-likeness (QED) is 0.902. The van der Waals surface area contributed by atoms with E-state index in [1.807, 2.05) is 0 Å². The fraction of sp³-hybridized carbons (Fsp3) is 0.0714. The third kappa shape index (κ3) is 2.90. The molecule has 3 nitrogen and oxygen atoms in total. The summed E-state index contributed by atoms with van der Waals surface area (Å²) in [5.41, 5.74) is -0.174. The fourth-order valence-electron chi connectivity index (χ4n) is 1.67. The number of carbonyl (C=O) groups is 1. The van der Waals surface area contributed by atoms with Gasteiger partial charge in [-0.3, -0.25) is 0 Å². The summed E-state index contributed by atoms with van der Waals surface area (Å²) in [4.78, 5) is 10.8. The van der Waals surface area contributed by atoms with Crippen LogP contribution in [-0.4, -0.2) is 11.1 Å². The molecule has 0 heterocycles. The number of benzene rings is 2. The minimum atomic E-state index is -1.20. The summed E-state index contributed by atoms with van der Waals surface area (Å²) >= 11 is 0. The van der Waals surface area contributed by atoms with Crippen molar-refractivity contribution < 1.29 is 23.1 Å². The summed E-state index contributed by atoms with van der Waals surface area (Å²) in [5.74, 6) is -3.89. The summed E-state index contributed by atoms with van der Waals surface area (Å²) in [5, 5.41) is 11.4. The first-order valence-electron chi connectivity index (χ1n) is 5.68. The number of carboxylic acids is 1. The number of carboxylic acid groups (broad SMARTS) is 1. The fourth-order valence-corrected chi connectivity index (χ4v) is 1.67. The van der Waals surface area contributed by atoms with Crippen LogP contribution >= 0.6 is 0 Å².